The third kappa shape index (κ3) is 8.93. The quantitative estimate of drug-likeness (QED) is 0.203. The van der Waals surface area contributed by atoms with Gasteiger partial charge in [0.2, 0.25) is 0 Å². The average Bonchev–Trinajstić information content (AvgIpc) is 3.39. The topological polar surface area (TPSA) is 82.1 Å². The lowest BCUT2D eigenvalue weighted by molar-refractivity contribution is -0.152. The molecule has 0 aliphatic carbocycles. The molecule has 7 heteroatoms. The van der Waals surface area contributed by atoms with Crippen LogP contribution >= 0.6 is 0 Å². The number of hydrogen-bond donors (Lipinski definition) is 0. The molecule has 218 valence electrons. The van der Waals surface area contributed by atoms with Gasteiger partial charge in [-0.1, -0.05) is 106 Å². The van der Waals surface area contributed by atoms with Gasteiger partial charge >= 0.3 is 18.0 Å². The van der Waals surface area contributed by atoms with Crippen molar-refractivity contribution in [3.05, 3.63) is 107 Å². The number of carbonyl (C=O) groups excluding carboxylic acids is 3. The molecule has 1 fully saturated rings. The minimum atomic E-state index is -0.921. The number of amides is 1. The Morgan fingerprint density at radius 1 is 0.780 bits per heavy atom. The second-order valence-corrected chi connectivity index (χ2v) is 10.7. The largest absolute Gasteiger partial charge is 0.460 e. The molecule has 41 heavy (non-hydrogen) atoms. The van der Waals surface area contributed by atoms with Crippen molar-refractivity contribution >= 4 is 18.0 Å². The second kappa shape index (κ2) is 15.0. The van der Waals surface area contributed by atoms with Crippen LogP contribution in [0.15, 0.2) is 84.9 Å². The van der Waals surface area contributed by atoms with E-state index in [2.05, 4.69) is 13.8 Å². The normalized spacial score (nSPS) is 16.9. The number of rotatable bonds is 10. The second-order valence-electron chi connectivity index (χ2n) is 10.7. The molecule has 7 nitrogen and oxygen atoms in total. The van der Waals surface area contributed by atoms with Gasteiger partial charge < -0.3 is 14.2 Å². The highest BCUT2D eigenvalue weighted by molar-refractivity contribution is 5.83. The fourth-order valence-electron chi connectivity index (χ4n) is 4.75. The first-order chi connectivity index (χ1) is 19.3. The third-order valence-electron chi connectivity index (χ3n) is 6.96. The zero-order valence-electron chi connectivity index (χ0n) is 23.3. The monoisotopic (exact) mass is 559 g/mol. The van der Waals surface area contributed by atoms with Crippen molar-refractivity contribution in [2.45, 2.75) is 72.3 Å². The van der Waals surface area contributed by atoms with E-state index in [9.17, 15) is 14.4 Å². The maximum Gasteiger partial charge on any atom is 0.410 e. The maximum atomic E-state index is 13.1. The fraction of sp³-hybridized carbons (Fsp3) is 0.382. The highest BCUT2D eigenvalue weighted by Gasteiger charge is 2.43. The molecule has 1 aliphatic rings. The predicted octanol–water partition coefficient (Wildman–Crippen LogP) is 6.69. The number of benzene rings is 3. The van der Waals surface area contributed by atoms with E-state index in [-0.39, 0.29) is 33.6 Å². The average molecular weight is 560 g/mol. The Balaban J connectivity index is 0.00000462. The van der Waals surface area contributed by atoms with E-state index in [4.69, 9.17) is 14.2 Å². The number of ether oxygens (including phenoxy) is 3. The molecule has 0 N–H and O–H groups in total. The van der Waals surface area contributed by atoms with Crippen LogP contribution in [0.3, 0.4) is 0 Å². The Morgan fingerprint density at radius 3 is 1.90 bits per heavy atom. The van der Waals surface area contributed by atoms with Crippen LogP contribution in [0.25, 0.3) is 0 Å². The first kappa shape index (κ1) is 31.4. The highest BCUT2D eigenvalue weighted by atomic mass is 16.6. The van der Waals surface area contributed by atoms with Crippen molar-refractivity contribution in [2.75, 3.05) is 6.54 Å². The molecule has 0 saturated carbocycles. The van der Waals surface area contributed by atoms with E-state index in [1.54, 1.807) is 6.92 Å². The first-order valence-corrected chi connectivity index (χ1v) is 13.8. The van der Waals surface area contributed by atoms with E-state index in [0.717, 1.165) is 23.1 Å². The highest BCUT2D eigenvalue weighted by Crippen LogP contribution is 2.26. The summed E-state index contributed by atoms with van der Waals surface area (Å²) in [7, 11) is 0. The SMILES string of the molecule is C.CC(C)Cc1ccc(C(C)C(=O)OC2C[C@@H](C(=O)OCc3ccccc3)N(C(=O)OCc3ccccc3)C2)cc1. The minimum absolute atomic E-state index is 0. The Bertz CT molecular complexity index is 1200. The molecule has 0 spiro atoms. The Morgan fingerprint density at radius 2 is 1.34 bits per heavy atom. The number of likely N-dealkylation sites (tertiary alicyclic amines) is 1. The molecule has 3 atom stereocenters. The van der Waals surface area contributed by atoms with Gasteiger partial charge in [-0.05, 0) is 41.5 Å². The van der Waals surface area contributed by atoms with E-state index in [1.807, 2.05) is 84.9 Å². The van der Waals surface area contributed by atoms with Crippen molar-refractivity contribution in [1.82, 2.24) is 4.90 Å². The molecule has 3 aromatic rings. The Kier molecular flexibility index (Phi) is 11.5. The summed E-state index contributed by atoms with van der Waals surface area (Å²) in [5.74, 6) is -0.911. The molecular formula is C34H41NO6. The van der Waals surface area contributed by atoms with Crippen molar-refractivity contribution in [1.29, 1.82) is 0 Å². The van der Waals surface area contributed by atoms with E-state index < -0.39 is 36.1 Å². The summed E-state index contributed by atoms with van der Waals surface area (Å²) >= 11 is 0. The Hall–Kier alpha value is -4.13. The number of hydrogen-bond acceptors (Lipinski definition) is 6. The van der Waals surface area contributed by atoms with Crippen molar-refractivity contribution in [2.24, 2.45) is 5.92 Å². The van der Waals surface area contributed by atoms with E-state index in [1.165, 1.54) is 10.5 Å². The zero-order chi connectivity index (χ0) is 28.5. The lowest BCUT2D eigenvalue weighted by atomic mass is 9.97. The maximum absolute atomic E-state index is 13.1. The van der Waals surface area contributed by atoms with Crippen LogP contribution in [-0.2, 0) is 43.4 Å². The first-order valence-electron chi connectivity index (χ1n) is 13.8. The summed E-state index contributed by atoms with van der Waals surface area (Å²) in [6, 6.07) is 25.7. The summed E-state index contributed by atoms with van der Waals surface area (Å²) < 4.78 is 16.9. The minimum Gasteiger partial charge on any atom is -0.460 e. The molecule has 2 unspecified atom stereocenters. The molecule has 4 rings (SSSR count). The molecule has 0 bridgehead atoms. The van der Waals surface area contributed by atoms with Gasteiger partial charge in [0, 0.05) is 6.42 Å². The standard InChI is InChI=1S/C33H37NO6.CH4/c1-23(2)18-25-14-16-28(17-15-25)24(3)31(35)40-29-19-30(32(36)38-21-26-10-6-4-7-11-26)34(20-29)33(37)39-22-27-12-8-5-9-13-27;/h4-17,23-24,29-30H,18-22H2,1-3H3;1H4/t24?,29?,30-;/m0./s1. The van der Waals surface area contributed by atoms with Gasteiger partial charge in [0.25, 0.3) is 0 Å². The molecule has 0 aromatic heterocycles. The van der Waals surface area contributed by atoms with Gasteiger partial charge in [0.05, 0.1) is 12.5 Å². The van der Waals surface area contributed by atoms with Gasteiger partial charge in [0.15, 0.2) is 0 Å². The van der Waals surface area contributed by atoms with Gasteiger partial charge in [-0.15, -0.1) is 0 Å². The zero-order valence-corrected chi connectivity index (χ0v) is 23.3. The lowest BCUT2D eigenvalue weighted by Crippen LogP contribution is -2.41. The molecule has 1 aliphatic heterocycles. The van der Waals surface area contributed by atoms with Crippen LogP contribution in [0.4, 0.5) is 4.79 Å². The van der Waals surface area contributed by atoms with Gasteiger partial charge in [-0.2, -0.15) is 0 Å². The number of carbonyl (C=O) groups is 3. The van der Waals surface area contributed by atoms with Crippen molar-refractivity contribution < 1.29 is 28.6 Å². The van der Waals surface area contributed by atoms with Gasteiger partial charge in [0.1, 0.15) is 25.4 Å². The summed E-state index contributed by atoms with van der Waals surface area (Å²) in [5.41, 5.74) is 3.74. The van der Waals surface area contributed by atoms with Crippen LogP contribution in [-0.4, -0.2) is 41.6 Å². The van der Waals surface area contributed by atoms with Gasteiger partial charge in [-0.3, -0.25) is 9.69 Å². The molecule has 1 saturated heterocycles. The van der Waals surface area contributed by atoms with Crippen molar-refractivity contribution in [3.8, 4) is 0 Å². The number of nitrogens with zero attached hydrogens (tertiary/aromatic N) is 1. The van der Waals surface area contributed by atoms with Crippen LogP contribution < -0.4 is 0 Å². The summed E-state index contributed by atoms with van der Waals surface area (Å²) in [6.45, 7) is 6.33. The summed E-state index contributed by atoms with van der Waals surface area (Å²) in [4.78, 5) is 40.5. The summed E-state index contributed by atoms with van der Waals surface area (Å²) in [6.07, 6.45) is -0.203. The molecule has 1 heterocycles. The summed E-state index contributed by atoms with van der Waals surface area (Å²) in [5, 5.41) is 0. The molecule has 1 amide bonds. The van der Waals surface area contributed by atoms with Crippen LogP contribution in [0.2, 0.25) is 0 Å². The third-order valence-corrected chi connectivity index (χ3v) is 6.96. The number of esters is 2. The fourth-order valence-corrected chi connectivity index (χ4v) is 4.75. The van der Waals surface area contributed by atoms with Crippen LogP contribution in [0.5, 0.6) is 0 Å². The van der Waals surface area contributed by atoms with Gasteiger partial charge in [-0.25, -0.2) is 9.59 Å². The van der Waals surface area contributed by atoms with Crippen LogP contribution in [0.1, 0.15) is 62.8 Å². The lowest BCUT2D eigenvalue weighted by Gasteiger charge is -2.22. The van der Waals surface area contributed by atoms with E-state index >= 15 is 0 Å². The van der Waals surface area contributed by atoms with E-state index in [0.29, 0.717) is 5.92 Å². The van der Waals surface area contributed by atoms with Crippen LogP contribution in [0, 0.1) is 5.92 Å². The predicted molar refractivity (Wildman–Crippen MR) is 158 cm³/mol. The smallest absolute Gasteiger partial charge is 0.410 e. The Labute approximate surface area is 243 Å². The molecule has 0 radical (unpaired) electrons. The molecular weight excluding hydrogens is 518 g/mol. The molecule has 3 aromatic carbocycles. The van der Waals surface area contributed by atoms with Crippen molar-refractivity contribution in [3.63, 3.8) is 0 Å².